The van der Waals surface area contributed by atoms with E-state index in [1.54, 1.807) is 12.1 Å². The molecule has 0 amide bonds. The minimum absolute atomic E-state index is 0.408. The summed E-state index contributed by atoms with van der Waals surface area (Å²) < 4.78 is 0. The largest absolute Gasteiger partial charge is 0.276 e. The lowest BCUT2D eigenvalue weighted by atomic mass is 10.0. The number of benzene rings is 1. The molecule has 0 aliphatic rings. The van der Waals surface area contributed by atoms with Crippen molar-refractivity contribution in [2.75, 3.05) is 0 Å². The van der Waals surface area contributed by atoms with Crippen LogP contribution in [0.1, 0.15) is 36.2 Å². The standard InChI is InChI=1S/C15H17ClO/c1-3-5-12(6-4-2)11-13-7-9-14(10-8-13)15(16)17/h3,5-10H,4,11H2,1-2H3/b5-3-,12-6+. The van der Waals surface area contributed by atoms with Gasteiger partial charge in [0.05, 0.1) is 0 Å². The topological polar surface area (TPSA) is 17.1 Å². The van der Waals surface area contributed by atoms with Gasteiger partial charge in [-0.3, -0.25) is 4.79 Å². The number of hydrogen-bond acceptors (Lipinski definition) is 1. The molecule has 0 radical (unpaired) electrons. The molecular weight excluding hydrogens is 232 g/mol. The lowest BCUT2D eigenvalue weighted by Crippen LogP contribution is -1.92. The normalized spacial score (nSPS) is 12.1. The summed E-state index contributed by atoms with van der Waals surface area (Å²) in [5.74, 6) is 0. The number of carbonyl (C=O) groups is 1. The van der Waals surface area contributed by atoms with Gasteiger partial charge in [-0.1, -0.05) is 37.3 Å². The molecule has 0 spiro atoms. The Morgan fingerprint density at radius 3 is 2.41 bits per heavy atom. The van der Waals surface area contributed by atoms with E-state index in [0.29, 0.717) is 5.56 Å². The van der Waals surface area contributed by atoms with Crippen molar-refractivity contribution in [3.8, 4) is 0 Å². The zero-order valence-corrected chi connectivity index (χ0v) is 11.0. The Morgan fingerprint density at radius 2 is 1.94 bits per heavy atom. The molecule has 0 aliphatic heterocycles. The maximum Gasteiger partial charge on any atom is 0.252 e. The average molecular weight is 249 g/mol. The summed E-state index contributed by atoms with van der Waals surface area (Å²) in [7, 11) is 0. The highest BCUT2D eigenvalue weighted by Gasteiger charge is 2.01. The molecule has 2 heteroatoms. The lowest BCUT2D eigenvalue weighted by Gasteiger charge is -2.03. The van der Waals surface area contributed by atoms with Gasteiger partial charge in [0.2, 0.25) is 0 Å². The number of carbonyl (C=O) groups excluding carboxylic acids is 1. The van der Waals surface area contributed by atoms with Gasteiger partial charge in [0, 0.05) is 5.56 Å². The first-order chi connectivity index (χ1) is 8.17. The van der Waals surface area contributed by atoms with Crippen LogP contribution in [0.15, 0.2) is 48.1 Å². The van der Waals surface area contributed by atoms with Crippen LogP contribution >= 0.6 is 11.6 Å². The van der Waals surface area contributed by atoms with Crippen molar-refractivity contribution in [2.45, 2.75) is 26.7 Å². The van der Waals surface area contributed by atoms with E-state index in [4.69, 9.17) is 11.6 Å². The second-order valence-corrected chi connectivity index (χ2v) is 4.18. The van der Waals surface area contributed by atoms with Gasteiger partial charge in [0.1, 0.15) is 0 Å². The van der Waals surface area contributed by atoms with Gasteiger partial charge in [-0.25, -0.2) is 0 Å². The summed E-state index contributed by atoms with van der Waals surface area (Å²) in [6.07, 6.45) is 8.27. The van der Waals surface area contributed by atoms with E-state index < -0.39 is 5.24 Å². The molecule has 1 aromatic carbocycles. The zero-order chi connectivity index (χ0) is 12.7. The highest BCUT2D eigenvalue weighted by molar-refractivity contribution is 6.67. The number of rotatable bonds is 5. The van der Waals surface area contributed by atoms with Crippen molar-refractivity contribution in [1.82, 2.24) is 0 Å². The highest BCUT2D eigenvalue weighted by Crippen LogP contribution is 2.13. The molecule has 0 aliphatic carbocycles. The maximum atomic E-state index is 10.9. The fourth-order valence-corrected chi connectivity index (χ4v) is 1.79. The first-order valence-corrected chi connectivity index (χ1v) is 6.15. The lowest BCUT2D eigenvalue weighted by molar-refractivity contribution is 0.108. The second kappa shape index (κ2) is 7.08. The molecule has 0 N–H and O–H groups in total. The molecule has 0 atom stereocenters. The van der Waals surface area contributed by atoms with E-state index in [2.05, 4.69) is 19.1 Å². The molecule has 0 saturated heterocycles. The van der Waals surface area contributed by atoms with E-state index >= 15 is 0 Å². The van der Waals surface area contributed by atoms with Gasteiger partial charge >= 0.3 is 0 Å². The average Bonchev–Trinajstić information content (AvgIpc) is 2.30. The second-order valence-electron chi connectivity index (χ2n) is 3.83. The number of hydrogen-bond donors (Lipinski definition) is 0. The minimum atomic E-state index is -0.408. The fourth-order valence-electron chi connectivity index (χ4n) is 1.66. The Hall–Kier alpha value is -1.34. The van der Waals surface area contributed by atoms with Crippen LogP contribution in [0.3, 0.4) is 0 Å². The van der Waals surface area contributed by atoms with Gasteiger partial charge in [-0.2, -0.15) is 0 Å². The molecule has 0 saturated carbocycles. The summed E-state index contributed by atoms with van der Waals surface area (Å²) in [5.41, 5.74) is 3.02. The molecular formula is C15H17ClO. The summed E-state index contributed by atoms with van der Waals surface area (Å²) >= 11 is 5.40. The molecule has 1 nitrogen and oxygen atoms in total. The van der Waals surface area contributed by atoms with Crippen LogP contribution in [-0.2, 0) is 6.42 Å². The van der Waals surface area contributed by atoms with E-state index in [-0.39, 0.29) is 0 Å². The predicted octanol–water partition coefficient (Wildman–Crippen LogP) is 4.52. The van der Waals surface area contributed by atoms with Crippen molar-refractivity contribution < 1.29 is 4.79 Å². The molecule has 0 bridgehead atoms. The van der Waals surface area contributed by atoms with Crippen LogP contribution in [0.5, 0.6) is 0 Å². The van der Waals surface area contributed by atoms with Gasteiger partial charge in [0.25, 0.3) is 5.24 Å². The third-order valence-corrected chi connectivity index (χ3v) is 2.65. The van der Waals surface area contributed by atoms with E-state index in [0.717, 1.165) is 12.8 Å². The quantitative estimate of drug-likeness (QED) is 0.553. The van der Waals surface area contributed by atoms with Gasteiger partial charge < -0.3 is 0 Å². The van der Waals surface area contributed by atoms with Crippen molar-refractivity contribution in [1.29, 1.82) is 0 Å². The summed E-state index contributed by atoms with van der Waals surface area (Å²) in [6.45, 7) is 4.14. The summed E-state index contributed by atoms with van der Waals surface area (Å²) in [6, 6.07) is 7.43. The van der Waals surface area contributed by atoms with Crippen molar-refractivity contribution >= 4 is 16.8 Å². The van der Waals surface area contributed by atoms with Gasteiger partial charge in [0.15, 0.2) is 0 Å². The molecule has 17 heavy (non-hydrogen) atoms. The third kappa shape index (κ3) is 4.58. The Bertz CT molecular complexity index is 427. The highest BCUT2D eigenvalue weighted by atomic mass is 35.5. The first kappa shape index (κ1) is 13.7. The summed E-state index contributed by atoms with van der Waals surface area (Å²) in [5, 5.41) is -0.408. The molecule has 90 valence electrons. The van der Waals surface area contributed by atoms with Crippen molar-refractivity contribution in [2.24, 2.45) is 0 Å². The Balaban J connectivity index is 2.80. The van der Waals surface area contributed by atoms with Gasteiger partial charge in [-0.15, -0.1) is 0 Å². The Kier molecular flexibility index (Phi) is 5.71. The number of allylic oxidation sites excluding steroid dienone is 4. The van der Waals surface area contributed by atoms with Crippen LogP contribution in [0.25, 0.3) is 0 Å². The maximum absolute atomic E-state index is 10.9. The third-order valence-electron chi connectivity index (χ3n) is 2.44. The van der Waals surface area contributed by atoms with Crippen LogP contribution in [0.2, 0.25) is 0 Å². The van der Waals surface area contributed by atoms with Crippen LogP contribution < -0.4 is 0 Å². The Morgan fingerprint density at radius 1 is 1.29 bits per heavy atom. The Labute approximate surface area is 108 Å². The molecule has 0 heterocycles. The minimum Gasteiger partial charge on any atom is -0.276 e. The summed E-state index contributed by atoms with van der Waals surface area (Å²) in [4.78, 5) is 10.9. The van der Waals surface area contributed by atoms with E-state index in [9.17, 15) is 4.79 Å². The van der Waals surface area contributed by atoms with Crippen LogP contribution in [-0.4, -0.2) is 5.24 Å². The SMILES string of the molecule is C/C=C\C(=C/CC)Cc1ccc(C(=O)Cl)cc1. The fraction of sp³-hybridized carbons (Fsp3) is 0.267. The van der Waals surface area contributed by atoms with E-state index in [1.807, 2.05) is 25.1 Å². The zero-order valence-electron chi connectivity index (χ0n) is 10.2. The van der Waals surface area contributed by atoms with E-state index in [1.165, 1.54) is 11.1 Å². The molecule has 1 aromatic rings. The monoisotopic (exact) mass is 248 g/mol. The molecule has 1 rings (SSSR count). The van der Waals surface area contributed by atoms with Crippen LogP contribution in [0, 0.1) is 0 Å². The smallest absolute Gasteiger partial charge is 0.252 e. The number of halogens is 1. The van der Waals surface area contributed by atoms with Crippen molar-refractivity contribution in [3.05, 3.63) is 59.2 Å². The predicted molar refractivity (Wildman–Crippen MR) is 73.5 cm³/mol. The van der Waals surface area contributed by atoms with Crippen molar-refractivity contribution in [3.63, 3.8) is 0 Å². The molecule has 0 unspecified atom stereocenters. The molecule has 0 aromatic heterocycles. The molecule has 0 fully saturated rings. The van der Waals surface area contributed by atoms with Crippen LogP contribution in [0.4, 0.5) is 0 Å². The van der Waals surface area contributed by atoms with Gasteiger partial charge in [-0.05, 0) is 54.6 Å². The first-order valence-electron chi connectivity index (χ1n) is 5.77.